The fourth-order valence-electron chi connectivity index (χ4n) is 7.10. The average molecular weight is 949 g/mol. The molecular formula is C46H48N10O7S3. The molecule has 4 heterocycles. The Bertz CT molecular complexity index is 3480. The van der Waals surface area contributed by atoms with Crippen LogP contribution in [0.15, 0.2) is 124 Å². The molecule has 0 fully saturated rings. The Morgan fingerprint density at radius 2 is 0.924 bits per heavy atom. The number of hydrogen-bond donors (Lipinski definition) is 6. The Kier molecular flexibility index (Phi) is 12.2. The van der Waals surface area contributed by atoms with E-state index < -0.39 is 45.3 Å². The third-order valence-corrected chi connectivity index (χ3v) is 17.5. The van der Waals surface area contributed by atoms with Crippen molar-refractivity contribution in [1.82, 2.24) is 29.9 Å². The van der Waals surface area contributed by atoms with E-state index in [-0.39, 0.29) is 43.8 Å². The van der Waals surface area contributed by atoms with Crippen LogP contribution in [0.4, 0.5) is 46.3 Å². The van der Waals surface area contributed by atoms with E-state index in [0.717, 1.165) is 0 Å². The normalized spacial score (nSPS) is 12.3. The van der Waals surface area contributed by atoms with Crippen molar-refractivity contribution in [2.24, 2.45) is 0 Å². The molecule has 17 nitrogen and oxygen atoms in total. The maximum absolute atomic E-state index is 14.2. The predicted octanol–water partition coefficient (Wildman–Crippen LogP) is 9.43. The van der Waals surface area contributed by atoms with Crippen molar-refractivity contribution in [3.8, 4) is 16.9 Å². The summed E-state index contributed by atoms with van der Waals surface area (Å²) >= 11 is 0. The summed E-state index contributed by atoms with van der Waals surface area (Å²) in [6.45, 7) is 9.56. The lowest BCUT2D eigenvalue weighted by Gasteiger charge is -2.19. The molecule has 0 amide bonds. The highest BCUT2D eigenvalue weighted by atomic mass is 32.2. The van der Waals surface area contributed by atoms with E-state index in [2.05, 4.69) is 41.2 Å². The van der Waals surface area contributed by atoms with Crippen molar-refractivity contribution in [3.63, 3.8) is 0 Å². The number of ether oxygens (including phenoxy) is 1. The predicted molar refractivity (Wildman–Crippen MR) is 259 cm³/mol. The van der Waals surface area contributed by atoms with E-state index in [1.165, 1.54) is 18.2 Å². The molecule has 0 atom stereocenters. The SMILES string of the molecule is COc1ccccc1Nc1nc(Nc2cc(-c3ccc(Nc4nc(Nc5ccccc5S(=O)(=O)C(C)C)c5cc[nH]c5n4)c(S(=O)(=O)C(C)C)c3)ccc2S(=O)(=O)C(C)C)c2cc[nH]c2n1. The van der Waals surface area contributed by atoms with Gasteiger partial charge in [-0.25, -0.2) is 25.3 Å². The zero-order valence-corrected chi connectivity index (χ0v) is 39.4. The van der Waals surface area contributed by atoms with E-state index in [1.54, 1.807) is 122 Å². The molecule has 4 aromatic carbocycles. The van der Waals surface area contributed by atoms with Crippen LogP contribution in [0.25, 0.3) is 33.2 Å². The van der Waals surface area contributed by atoms with Gasteiger partial charge in [0, 0.05) is 12.4 Å². The van der Waals surface area contributed by atoms with Crippen LogP contribution in [0.3, 0.4) is 0 Å². The molecule has 8 rings (SSSR count). The Morgan fingerprint density at radius 1 is 0.470 bits per heavy atom. The maximum atomic E-state index is 14.2. The van der Waals surface area contributed by atoms with Crippen LogP contribution >= 0.6 is 0 Å². The van der Waals surface area contributed by atoms with Crippen molar-refractivity contribution in [2.45, 2.75) is 72.0 Å². The van der Waals surface area contributed by atoms with Gasteiger partial charge >= 0.3 is 0 Å². The van der Waals surface area contributed by atoms with Crippen LogP contribution in [0.1, 0.15) is 41.5 Å². The first-order chi connectivity index (χ1) is 31.4. The average Bonchev–Trinajstić information content (AvgIpc) is 3.97. The highest BCUT2D eigenvalue weighted by Gasteiger charge is 2.28. The van der Waals surface area contributed by atoms with E-state index in [1.807, 2.05) is 18.2 Å². The highest BCUT2D eigenvalue weighted by molar-refractivity contribution is 7.92. The number of fused-ring (bicyclic) bond motifs is 2. The van der Waals surface area contributed by atoms with Crippen LogP contribution in [-0.2, 0) is 29.5 Å². The molecule has 0 saturated carbocycles. The van der Waals surface area contributed by atoms with Gasteiger partial charge in [0.1, 0.15) is 28.7 Å². The van der Waals surface area contributed by atoms with Gasteiger partial charge in [-0.05, 0) is 113 Å². The highest BCUT2D eigenvalue weighted by Crippen LogP contribution is 2.38. The summed E-state index contributed by atoms with van der Waals surface area (Å²) in [7, 11) is -9.99. The quantitative estimate of drug-likeness (QED) is 0.0528. The molecule has 0 aliphatic carbocycles. The fourth-order valence-corrected chi connectivity index (χ4v) is 10.7. The molecule has 0 spiro atoms. The zero-order valence-electron chi connectivity index (χ0n) is 37.0. The minimum absolute atomic E-state index is 0.0156. The lowest BCUT2D eigenvalue weighted by Crippen LogP contribution is -2.17. The number of sulfone groups is 3. The van der Waals surface area contributed by atoms with Crippen molar-refractivity contribution in [3.05, 3.63) is 109 Å². The number of nitrogens with one attached hydrogen (secondary N) is 6. The monoisotopic (exact) mass is 948 g/mol. The van der Waals surface area contributed by atoms with Crippen molar-refractivity contribution >= 4 is 97.9 Å². The number of anilines is 8. The number of benzene rings is 4. The first-order valence-electron chi connectivity index (χ1n) is 20.9. The maximum Gasteiger partial charge on any atom is 0.231 e. The fraction of sp³-hybridized carbons (Fsp3) is 0.217. The number of hydrogen-bond acceptors (Lipinski definition) is 15. The van der Waals surface area contributed by atoms with E-state index in [9.17, 15) is 25.3 Å². The molecule has 0 aliphatic heterocycles. The summed E-state index contributed by atoms with van der Waals surface area (Å²) in [5.74, 6) is 1.38. The number of H-pyrrole nitrogens is 2. The summed E-state index contributed by atoms with van der Waals surface area (Å²) in [5.41, 5.74) is 3.16. The topological polar surface area (TPSA) is 243 Å². The second-order valence-corrected chi connectivity index (χ2v) is 23.6. The number of rotatable bonds is 16. The molecule has 0 aliphatic rings. The third kappa shape index (κ3) is 8.73. The molecule has 0 unspecified atom stereocenters. The van der Waals surface area contributed by atoms with Crippen LogP contribution in [0.5, 0.6) is 5.75 Å². The summed E-state index contributed by atoms with van der Waals surface area (Å²) in [5, 5.41) is 11.6. The first-order valence-corrected chi connectivity index (χ1v) is 25.5. The summed E-state index contributed by atoms with van der Waals surface area (Å²) < 4.78 is 88.3. The number of para-hydroxylation sites is 3. The minimum atomic E-state index is -3.99. The molecule has 8 aromatic rings. The molecule has 0 bridgehead atoms. The van der Waals surface area contributed by atoms with Gasteiger partial charge < -0.3 is 36.0 Å². The van der Waals surface area contributed by atoms with Gasteiger partial charge in [0.05, 0.1) is 71.1 Å². The lowest BCUT2D eigenvalue weighted by atomic mass is 10.0. The summed E-state index contributed by atoms with van der Waals surface area (Å²) in [6.07, 6.45) is 3.36. The van der Waals surface area contributed by atoms with Crippen LogP contribution in [-0.4, -0.2) is 78.0 Å². The first kappa shape index (κ1) is 45.5. The molecule has 20 heteroatoms. The molecule has 66 heavy (non-hydrogen) atoms. The second kappa shape index (κ2) is 17.7. The number of methoxy groups -OCH3 is 1. The zero-order chi connectivity index (χ0) is 47.1. The second-order valence-electron chi connectivity index (χ2n) is 16.2. The summed E-state index contributed by atoms with van der Waals surface area (Å²) in [4.78, 5) is 24.9. The van der Waals surface area contributed by atoms with Gasteiger partial charge in [-0.1, -0.05) is 36.4 Å². The van der Waals surface area contributed by atoms with Crippen molar-refractivity contribution in [2.75, 3.05) is 28.4 Å². The molecule has 0 saturated heterocycles. The van der Waals surface area contributed by atoms with Crippen molar-refractivity contribution in [1.29, 1.82) is 0 Å². The van der Waals surface area contributed by atoms with E-state index >= 15 is 0 Å². The van der Waals surface area contributed by atoms with Gasteiger partial charge in [-0.15, -0.1) is 0 Å². The third-order valence-electron chi connectivity index (χ3n) is 10.9. The van der Waals surface area contributed by atoms with Crippen LogP contribution < -0.4 is 26.0 Å². The molecular weight excluding hydrogens is 901 g/mol. The molecule has 342 valence electrons. The Labute approximate surface area is 382 Å². The van der Waals surface area contributed by atoms with Crippen molar-refractivity contribution < 1.29 is 30.0 Å². The minimum Gasteiger partial charge on any atom is -0.495 e. The Balaban J connectivity index is 1.20. The van der Waals surface area contributed by atoms with Crippen LogP contribution in [0, 0.1) is 0 Å². The van der Waals surface area contributed by atoms with Gasteiger partial charge in [0.2, 0.25) is 11.9 Å². The largest absolute Gasteiger partial charge is 0.495 e. The Hall–Kier alpha value is -7.03. The molecule has 0 radical (unpaired) electrons. The Morgan fingerprint density at radius 3 is 1.50 bits per heavy atom. The van der Waals surface area contributed by atoms with Gasteiger partial charge in [0.25, 0.3) is 0 Å². The van der Waals surface area contributed by atoms with E-state index in [0.29, 0.717) is 56.1 Å². The van der Waals surface area contributed by atoms with Gasteiger partial charge in [-0.3, -0.25) is 0 Å². The number of nitrogens with zero attached hydrogens (tertiary/aromatic N) is 4. The number of aromatic nitrogens is 6. The lowest BCUT2D eigenvalue weighted by molar-refractivity contribution is 0.417. The van der Waals surface area contributed by atoms with Gasteiger partial charge in [0.15, 0.2) is 29.5 Å². The summed E-state index contributed by atoms with van der Waals surface area (Å²) in [6, 6.07) is 26.9. The smallest absolute Gasteiger partial charge is 0.231 e. The number of aromatic amines is 2. The molecule has 6 N–H and O–H groups in total. The molecule has 4 aromatic heterocycles. The van der Waals surface area contributed by atoms with E-state index in [4.69, 9.17) is 14.7 Å². The van der Waals surface area contributed by atoms with Crippen LogP contribution in [0.2, 0.25) is 0 Å². The standard InChI is InChI=1S/C46H48N10O7S3/c1-26(2)64(57,58)38-15-11-9-13-34(38)49-43-31-20-22-47-41(31)54-46(55-43)52-35-18-16-30(25-40(35)66(61,62)28(5)6)29-17-19-39(65(59,60)27(3)4)36(24-29)50-44-32-21-23-48-42(32)53-45(56-44)51-33-12-8-10-14-37(33)63-7/h8-28H,1-7H3,(H3,47,49,52,54,55)(H3,48,50,51,53,56). The van der Waals surface area contributed by atoms with Gasteiger partial charge in [-0.2, -0.15) is 19.9 Å².